The van der Waals surface area contributed by atoms with Crippen LogP contribution < -0.4 is 0 Å². The summed E-state index contributed by atoms with van der Waals surface area (Å²) in [6.45, 7) is 26.2. The summed E-state index contributed by atoms with van der Waals surface area (Å²) in [5, 5.41) is 0.269. The van der Waals surface area contributed by atoms with Crippen molar-refractivity contribution in [3.63, 3.8) is 0 Å². The van der Waals surface area contributed by atoms with E-state index in [4.69, 9.17) is 8.85 Å². The Morgan fingerprint density at radius 2 is 1.68 bits per heavy atom. The maximum absolute atomic E-state index is 6.58. The van der Waals surface area contributed by atoms with E-state index in [2.05, 4.69) is 86.4 Å². The summed E-state index contributed by atoms with van der Waals surface area (Å²) in [5.74, 6) is 2.85. The van der Waals surface area contributed by atoms with Crippen LogP contribution in [0.3, 0.4) is 0 Å². The first-order valence-corrected chi connectivity index (χ1v) is 16.2. The van der Waals surface area contributed by atoms with E-state index in [1.807, 2.05) is 0 Å². The zero-order valence-electron chi connectivity index (χ0n) is 18.6. The summed E-state index contributed by atoms with van der Waals surface area (Å²) in [7, 11) is -3.24. The highest BCUT2D eigenvalue weighted by Crippen LogP contribution is 2.39. The van der Waals surface area contributed by atoms with Crippen molar-refractivity contribution >= 4 is 16.6 Å². The zero-order valence-corrected chi connectivity index (χ0v) is 20.6. The van der Waals surface area contributed by atoms with Gasteiger partial charge in [0.05, 0.1) is 0 Å². The molecule has 0 N–H and O–H groups in total. The Bertz CT molecular complexity index is 505. The van der Waals surface area contributed by atoms with Crippen LogP contribution >= 0.6 is 0 Å². The van der Waals surface area contributed by atoms with Crippen LogP contribution in [-0.4, -0.2) is 23.2 Å². The Morgan fingerprint density at radius 1 is 1.12 bits per heavy atom. The Labute approximate surface area is 159 Å². The van der Waals surface area contributed by atoms with Gasteiger partial charge in [-0.2, -0.15) is 0 Å². The minimum absolute atomic E-state index is 0.269. The second-order valence-electron chi connectivity index (χ2n) is 10.6. The molecular formula is C21H42O2Si2. The lowest BCUT2D eigenvalue weighted by molar-refractivity contribution is 0.156. The number of allylic oxidation sites excluding steroid dienone is 3. The molecule has 0 saturated carbocycles. The van der Waals surface area contributed by atoms with E-state index in [-0.39, 0.29) is 5.04 Å². The van der Waals surface area contributed by atoms with Crippen molar-refractivity contribution in [3.8, 4) is 0 Å². The van der Waals surface area contributed by atoms with Gasteiger partial charge in [0.2, 0.25) is 8.32 Å². The van der Waals surface area contributed by atoms with Gasteiger partial charge >= 0.3 is 0 Å². The standard InChI is InChI=1S/C21H42O2Si2/c1-16(2)19(15-22-25(10,11)21(4,5)6)18-12-13-20(17(3)14-18)23-24(7,8)9/h12-13,16,18-19H,14-15H2,1-11H3/t18-,19-/m1/s1. The third kappa shape index (κ3) is 6.72. The summed E-state index contributed by atoms with van der Waals surface area (Å²) in [5.41, 5.74) is 1.40. The monoisotopic (exact) mass is 382 g/mol. The van der Waals surface area contributed by atoms with E-state index in [1.165, 1.54) is 5.57 Å². The molecule has 0 amide bonds. The van der Waals surface area contributed by atoms with Gasteiger partial charge in [-0.25, -0.2) is 0 Å². The molecule has 0 fully saturated rings. The van der Waals surface area contributed by atoms with Crippen LogP contribution in [0.1, 0.15) is 48.0 Å². The van der Waals surface area contributed by atoms with E-state index >= 15 is 0 Å². The van der Waals surface area contributed by atoms with Gasteiger partial charge in [0, 0.05) is 6.61 Å². The van der Waals surface area contributed by atoms with Gasteiger partial charge in [-0.3, -0.25) is 0 Å². The molecule has 0 bridgehead atoms. The van der Waals surface area contributed by atoms with Crippen LogP contribution in [0.25, 0.3) is 0 Å². The number of rotatable bonds is 7. The van der Waals surface area contributed by atoms with Gasteiger partial charge in [-0.1, -0.05) is 40.7 Å². The highest BCUT2D eigenvalue weighted by Gasteiger charge is 2.38. The SMILES string of the molecule is CC1=C(O[Si](C)(C)C)C=C[C@@H]([C@H](CO[Si](C)(C)C(C)(C)C)C(C)C)C1. The average molecular weight is 383 g/mol. The lowest BCUT2D eigenvalue weighted by Gasteiger charge is -2.39. The van der Waals surface area contributed by atoms with Crippen molar-refractivity contribution in [2.24, 2.45) is 17.8 Å². The topological polar surface area (TPSA) is 18.5 Å². The number of hydrogen-bond donors (Lipinski definition) is 0. The maximum atomic E-state index is 6.58. The van der Waals surface area contributed by atoms with Crippen molar-refractivity contribution in [1.82, 2.24) is 0 Å². The van der Waals surface area contributed by atoms with E-state index < -0.39 is 16.6 Å². The van der Waals surface area contributed by atoms with Gasteiger partial charge in [-0.15, -0.1) is 0 Å². The summed E-state index contributed by atoms with van der Waals surface area (Å²) in [6, 6.07) is 0. The molecule has 2 atom stereocenters. The van der Waals surface area contributed by atoms with Crippen LogP contribution in [0.15, 0.2) is 23.5 Å². The van der Waals surface area contributed by atoms with Gasteiger partial charge < -0.3 is 8.85 Å². The lowest BCUT2D eigenvalue weighted by Crippen LogP contribution is -2.43. The lowest BCUT2D eigenvalue weighted by atomic mass is 9.78. The smallest absolute Gasteiger partial charge is 0.242 e. The molecule has 0 unspecified atom stereocenters. The molecule has 0 aromatic rings. The molecule has 0 heterocycles. The molecule has 1 rings (SSSR count). The summed E-state index contributed by atoms with van der Waals surface area (Å²) in [6.07, 6.45) is 5.70. The molecule has 1 aliphatic rings. The third-order valence-electron chi connectivity index (χ3n) is 5.72. The summed E-state index contributed by atoms with van der Waals surface area (Å²) >= 11 is 0. The molecule has 0 saturated heterocycles. The molecule has 0 aromatic carbocycles. The highest BCUT2D eigenvalue weighted by atomic mass is 28.4. The minimum Gasteiger partial charge on any atom is -0.544 e. The second kappa shape index (κ2) is 8.14. The van der Waals surface area contributed by atoms with Crippen LogP contribution in [0, 0.1) is 17.8 Å². The molecule has 2 nitrogen and oxygen atoms in total. The molecule has 0 spiro atoms. The van der Waals surface area contributed by atoms with Gasteiger partial charge in [0.15, 0.2) is 8.32 Å². The predicted octanol–water partition coefficient (Wildman–Crippen LogP) is 6.98. The summed E-state index contributed by atoms with van der Waals surface area (Å²) < 4.78 is 12.8. The fourth-order valence-corrected chi connectivity index (χ4v) is 4.90. The molecule has 146 valence electrons. The first-order chi connectivity index (χ1) is 11.1. The average Bonchev–Trinajstić information content (AvgIpc) is 2.38. The fraction of sp³-hybridized carbons (Fsp3) is 0.810. The fourth-order valence-electron chi connectivity index (χ4n) is 2.95. The largest absolute Gasteiger partial charge is 0.544 e. The van der Waals surface area contributed by atoms with E-state index in [1.54, 1.807) is 0 Å². The molecular weight excluding hydrogens is 340 g/mol. The van der Waals surface area contributed by atoms with Crippen molar-refractivity contribution in [1.29, 1.82) is 0 Å². The van der Waals surface area contributed by atoms with Crippen LogP contribution in [0.2, 0.25) is 37.8 Å². The quantitative estimate of drug-likeness (QED) is 0.442. The van der Waals surface area contributed by atoms with Gasteiger partial charge in [0.1, 0.15) is 5.76 Å². The molecule has 0 radical (unpaired) electrons. The van der Waals surface area contributed by atoms with E-state index in [0.717, 1.165) is 18.8 Å². The third-order valence-corrected chi connectivity index (χ3v) is 11.1. The van der Waals surface area contributed by atoms with E-state index in [9.17, 15) is 0 Å². The zero-order chi connectivity index (χ0) is 19.6. The highest BCUT2D eigenvalue weighted by molar-refractivity contribution is 6.74. The molecule has 0 aliphatic heterocycles. The Kier molecular flexibility index (Phi) is 7.39. The van der Waals surface area contributed by atoms with Crippen molar-refractivity contribution in [2.45, 2.75) is 85.7 Å². The van der Waals surface area contributed by atoms with Crippen molar-refractivity contribution < 1.29 is 8.85 Å². The Hall–Kier alpha value is -0.326. The van der Waals surface area contributed by atoms with Crippen LogP contribution in [0.5, 0.6) is 0 Å². The molecule has 4 heteroatoms. The normalized spacial score (nSPS) is 21.0. The van der Waals surface area contributed by atoms with Crippen molar-refractivity contribution in [2.75, 3.05) is 6.61 Å². The van der Waals surface area contributed by atoms with Crippen molar-refractivity contribution in [3.05, 3.63) is 23.5 Å². The second-order valence-corrected chi connectivity index (χ2v) is 19.8. The molecule has 1 aliphatic carbocycles. The minimum atomic E-state index is -1.69. The van der Waals surface area contributed by atoms with Crippen LogP contribution in [-0.2, 0) is 8.85 Å². The molecule has 0 aromatic heterocycles. The molecule has 25 heavy (non-hydrogen) atoms. The summed E-state index contributed by atoms with van der Waals surface area (Å²) in [4.78, 5) is 0. The van der Waals surface area contributed by atoms with E-state index in [0.29, 0.717) is 17.8 Å². The first kappa shape index (κ1) is 22.7. The number of hydrogen-bond acceptors (Lipinski definition) is 2. The van der Waals surface area contributed by atoms with Gasteiger partial charge in [-0.05, 0) is 80.5 Å². The Balaban J connectivity index is 2.82. The van der Waals surface area contributed by atoms with Crippen LogP contribution in [0.4, 0.5) is 0 Å². The Morgan fingerprint density at radius 3 is 2.08 bits per heavy atom. The van der Waals surface area contributed by atoms with Gasteiger partial charge in [0.25, 0.3) is 0 Å². The first-order valence-electron chi connectivity index (χ1n) is 9.85. The maximum Gasteiger partial charge on any atom is 0.242 e. The predicted molar refractivity (Wildman–Crippen MR) is 116 cm³/mol.